The molecule has 106 valence electrons. The maximum Gasteiger partial charge on any atom is 0.433 e. The maximum absolute atomic E-state index is 13.3. The number of rotatable bonds is 2. The van der Waals surface area contributed by atoms with E-state index in [0.717, 1.165) is 18.2 Å². The molecule has 0 N–H and O–H groups in total. The third-order valence-electron chi connectivity index (χ3n) is 2.10. The van der Waals surface area contributed by atoms with E-state index in [9.17, 15) is 22.0 Å². The first-order valence-corrected chi connectivity index (χ1v) is 5.39. The van der Waals surface area contributed by atoms with Gasteiger partial charge in [-0.2, -0.15) is 22.5 Å². The number of ether oxygens (including phenoxy) is 1. The van der Waals surface area contributed by atoms with Crippen LogP contribution in [0.15, 0.2) is 24.3 Å². The molecule has 20 heavy (non-hydrogen) atoms. The summed E-state index contributed by atoms with van der Waals surface area (Å²) >= 11 is 5.32. The van der Waals surface area contributed by atoms with Crippen LogP contribution in [0.4, 0.5) is 22.0 Å². The largest absolute Gasteiger partial charge is 0.436 e. The summed E-state index contributed by atoms with van der Waals surface area (Å²) in [6.07, 6.45) is -4.77. The molecule has 3 nitrogen and oxygen atoms in total. The first-order valence-electron chi connectivity index (χ1n) is 5.01. The zero-order valence-electron chi connectivity index (χ0n) is 9.38. The fourth-order valence-corrected chi connectivity index (χ4v) is 1.44. The standard InChI is InChI=1S/C11H4ClF5N2O/c12-10-18-7(11(15,16)17)4-8(19-10)20-6-3-1-2-5(13)9(6)14/h1-4H. The van der Waals surface area contributed by atoms with Crippen LogP contribution >= 0.6 is 11.6 Å². The van der Waals surface area contributed by atoms with Gasteiger partial charge in [0.1, 0.15) is 0 Å². The minimum atomic E-state index is -4.77. The Morgan fingerprint density at radius 2 is 1.80 bits per heavy atom. The predicted octanol–water partition coefficient (Wildman–Crippen LogP) is 4.22. The lowest BCUT2D eigenvalue weighted by Crippen LogP contribution is -2.09. The van der Waals surface area contributed by atoms with Gasteiger partial charge in [0.25, 0.3) is 0 Å². The predicted molar refractivity (Wildman–Crippen MR) is 58.5 cm³/mol. The van der Waals surface area contributed by atoms with E-state index in [1.807, 2.05) is 0 Å². The third-order valence-corrected chi connectivity index (χ3v) is 2.27. The second kappa shape index (κ2) is 5.20. The normalized spacial score (nSPS) is 11.5. The van der Waals surface area contributed by atoms with Crippen LogP contribution in [0.25, 0.3) is 0 Å². The molecular formula is C11H4ClF5N2O. The molecule has 0 amide bonds. The highest BCUT2D eigenvalue weighted by Gasteiger charge is 2.34. The number of aromatic nitrogens is 2. The molecule has 0 atom stereocenters. The Bertz CT molecular complexity index is 647. The van der Waals surface area contributed by atoms with E-state index in [1.165, 1.54) is 0 Å². The maximum atomic E-state index is 13.3. The lowest BCUT2D eigenvalue weighted by molar-refractivity contribution is -0.141. The van der Waals surface area contributed by atoms with Gasteiger partial charge in [-0.1, -0.05) is 6.07 Å². The summed E-state index contributed by atoms with van der Waals surface area (Å²) in [7, 11) is 0. The van der Waals surface area contributed by atoms with Gasteiger partial charge in [-0.05, 0) is 23.7 Å². The van der Waals surface area contributed by atoms with Gasteiger partial charge < -0.3 is 4.74 Å². The Morgan fingerprint density at radius 3 is 2.45 bits per heavy atom. The first-order chi connectivity index (χ1) is 9.27. The summed E-state index contributed by atoms with van der Waals surface area (Å²) in [5.41, 5.74) is -1.36. The van der Waals surface area contributed by atoms with Gasteiger partial charge in [0, 0.05) is 6.07 Å². The van der Waals surface area contributed by atoms with Crippen molar-refractivity contribution in [3.63, 3.8) is 0 Å². The van der Waals surface area contributed by atoms with Crippen LogP contribution in [0, 0.1) is 11.6 Å². The van der Waals surface area contributed by atoms with Gasteiger partial charge in [0.05, 0.1) is 0 Å². The number of hydrogen-bond acceptors (Lipinski definition) is 3. The summed E-state index contributed by atoms with van der Waals surface area (Å²) in [5, 5.41) is -0.730. The number of halogens is 6. The second-order valence-corrected chi connectivity index (χ2v) is 3.85. The van der Waals surface area contributed by atoms with Gasteiger partial charge in [-0.3, -0.25) is 0 Å². The zero-order valence-corrected chi connectivity index (χ0v) is 10.1. The van der Waals surface area contributed by atoms with Crippen LogP contribution in [-0.4, -0.2) is 9.97 Å². The van der Waals surface area contributed by atoms with Crippen LogP contribution in [0.2, 0.25) is 5.28 Å². The molecule has 0 radical (unpaired) electrons. The third kappa shape index (κ3) is 3.13. The molecular weight excluding hydrogens is 307 g/mol. The summed E-state index contributed by atoms with van der Waals surface area (Å²) in [5.74, 6) is -3.83. The first kappa shape index (κ1) is 14.4. The molecule has 0 unspecified atom stereocenters. The highest BCUT2D eigenvalue weighted by molar-refractivity contribution is 6.28. The average Bonchev–Trinajstić information content (AvgIpc) is 2.33. The minimum absolute atomic E-state index is 0.427. The Kier molecular flexibility index (Phi) is 3.76. The van der Waals surface area contributed by atoms with E-state index in [0.29, 0.717) is 6.07 Å². The summed E-state index contributed by atoms with van der Waals surface area (Å²) in [6.45, 7) is 0. The van der Waals surface area contributed by atoms with Crippen LogP contribution < -0.4 is 4.74 Å². The minimum Gasteiger partial charge on any atom is -0.436 e. The van der Waals surface area contributed by atoms with Crippen molar-refractivity contribution < 1.29 is 26.7 Å². The van der Waals surface area contributed by atoms with Gasteiger partial charge in [0.15, 0.2) is 17.3 Å². The van der Waals surface area contributed by atoms with E-state index in [-0.39, 0.29) is 0 Å². The van der Waals surface area contributed by atoms with Crippen LogP contribution in [0.5, 0.6) is 11.6 Å². The second-order valence-electron chi connectivity index (χ2n) is 3.51. The Hall–Kier alpha value is -1.96. The molecule has 0 saturated heterocycles. The molecule has 0 fully saturated rings. The van der Waals surface area contributed by atoms with Crippen molar-refractivity contribution in [3.05, 3.63) is 46.9 Å². The monoisotopic (exact) mass is 310 g/mol. The Morgan fingerprint density at radius 1 is 1.10 bits per heavy atom. The van der Waals surface area contributed by atoms with Gasteiger partial charge in [-0.25, -0.2) is 9.37 Å². The summed E-state index contributed by atoms with van der Waals surface area (Å²) in [6, 6.07) is 3.41. The lowest BCUT2D eigenvalue weighted by atomic mass is 10.3. The summed E-state index contributed by atoms with van der Waals surface area (Å²) in [4.78, 5) is 6.32. The van der Waals surface area contributed by atoms with Gasteiger partial charge >= 0.3 is 6.18 Å². The number of benzene rings is 1. The molecule has 0 aliphatic rings. The molecule has 0 aliphatic carbocycles. The van der Waals surface area contributed by atoms with Crippen molar-refractivity contribution in [3.8, 4) is 11.6 Å². The van der Waals surface area contributed by atoms with Crippen molar-refractivity contribution in [2.45, 2.75) is 6.18 Å². The van der Waals surface area contributed by atoms with E-state index < -0.39 is 40.4 Å². The van der Waals surface area contributed by atoms with E-state index in [1.54, 1.807) is 0 Å². The Balaban J connectivity index is 2.39. The van der Waals surface area contributed by atoms with Crippen LogP contribution in [0.1, 0.15) is 5.69 Å². The van der Waals surface area contributed by atoms with Crippen molar-refractivity contribution in [1.82, 2.24) is 9.97 Å². The van der Waals surface area contributed by atoms with Crippen molar-refractivity contribution in [2.75, 3.05) is 0 Å². The van der Waals surface area contributed by atoms with E-state index in [4.69, 9.17) is 16.3 Å². The Labute approximate surface area is 114 Å². The molecule has 0 bridgehead atoms. The quantitative estimate of drug-likeness (QED) is 0.615. The molecule has 9 heteroatoms. The van der Waals surface area contributed by atoms with Crippen molar-refractivity contribution in [1.29, 1.82) is 0 Å². The average molecular weight is 311 g/mol. The van der Waals surface area contributed by atoms with Crippen molar-refractivity contribution >= 4 is 11.6 Å². The fourth-order valence-electron chi connectivity index (χ4n) is 1.27. The smallest absolute Gasteiger partial charge is 0.433 e. The lowest BCUT2D eigenvalue weighted by Gasteiger charge is -2.09. The van der Waals surface area contributed by atoms with E-state index >= 15 is 0 Å². The molecule has 0 saturated carbocycles. The van der Waals surface area contributed by atoms with E-state index in [2.05, 4.69) is 9.97 Å². The molecule has 0 spiro atoms. The fraction of sp³-hybridized carbons (Fsp3) is 0.0909. The van der Waals surface area contributed by atoms with Crippen molar-refractivity contribution in [2.24, 2.45) is 0 Å². The summed E-state index contributed by atoms with van der Waals surface area (Å²) < 4.78 is 68.5. The number of hydrogen-bond donors (Lipinski definition) is 0. The molecule has 0 aliphatic heterocycles. The van der Waals surface area contributed by atoms with Crippen LogP contribution in [0.3, 0.4) is 0 Å². The molecule has 1 aromatic heterocycles. The SMILES string of the molecule is Fc1cccc(Oc2cc(C(F)(F)F)nc(Cl)n2)c1F. The zero-order chi connectivity index (χ0) is 14.9. The number of nitrogens with zero attached hydrogens (tertiary/aromatic N) is 2. The van der Waals surface area contributed by atoms with Crippen LogP contribution in [-0.2, 0) is 6.18 Å². The molecule has 2 aromatic rings. The molecule has 1 aromatic carbocycles. The highest BCUT2D eigenvalue weighted by Crippen LogP contribution is 2.32. The molecule has 1 heterocycles. The highest BCUT2D eigenvalue weighted by atomic mass is 35.5. The van der Waals surface area contributed by atoms with Gasteiger partial charge in [-0.15, -0.1) is 0 Å². The number of alkyl halides is 3. The topological polar surface area (TPSA) is 35.0 Å². The van der Waals surface area contributed by atoms with Gasteiger partial charge in [0.2, 0.25) is 17.0 Å². The molecule has 2 rings (SSSR count).